The molecule has 0 spiro atoms. The van der Waals surface area contributed by atoms with Gasteiger partial charge in [-0.05, 0) is 12.8 Å². The molecule has 17 heavy (non-hydrogen) atoms. The quantitative estimate of drug-likeness (QED) is 0.604. The Balaban J connectivity index is 2.14. The molecule has 0 unspecified atom stereocenters. The summed E-state index contributed by atoms with van der Waals surface area (Å²) in [5.41, 5.74) is -0.0950. The largest absolute Gasteiger partial charge is 0.396 e. The number of amides is 1. The van der Waals surface area contributed by atoms with E-state index in [1.165, 1.54) is 0 Å². The van der Waals surface area contributed by atoms with Crippen molar-refractivity contribution in [1.29, 1.82) is 0 Å². The van der Waals surface area contributed by atoms with Crippen molar-refractivity contribution in [3.05, 3.63) is 0 Å². The van der Waals surface area contributed by atoms with Crippen LogP contribution >= 0.6 is 0 Å². The number of ether oxygens (including phenoxy) is 2. The molecule has 2 N–H and O–H groups in total. The predicted octanol–water partition coefficient (Wildman–Crippen LogP) is 0.318. The molecule has 5 heteroatoms. The maximum absolute atomic E-state index is 11.5. The van der Waals surface area contributed by atoms with Crippen molar-refractivity contribution in [2.75, 3.05) is 40.1 Å². The number of hydrogen-bond acceptors (Lipinski definition) is 4. The van der Waals surface area contributed by atoms with Crippen LogP contribution in [0.1, 0.15) is 25.7 Å². The van der Waals surface area contributed by atoms with Gasteiger partial charge in [-0.1, -0.05) is 12.8 Å². The lowest BCUT2D eigenvalue weighted by atomic mass is 9.87. The standard InChI is InChI=1S/C12H23NO4/c1-16-6-7-17-8-11(15)13-9-12(10-14)4-2-3-5-12/h14H,2-10H2,1H3,(H,13,15). The fourth-order valence-electron chi connectivity index (χ4n) is 2.16. The summed E-state index contributed by atoms with van der Waals surface area (Å²) in [7, 11) is 1.59. The molecule has 0 bridgehead atoms. The third-order valence-corrected chi connectivity index (χ3v) is 3.33. The summed E-state index contributed by atoms with van der Waals surface area (Å²) in [6, 6.07) is 0. The topological polar surface area (TPSA) is 67.8 Å². The van der Waals surface area contributed by atoms with Crippen LogP contribution in [0.15, 0.2) is 0 Å². The number of carbonyl (C=O) groups is 1. The van der Waals surface area contributed by atoms with Crippen LogP contribution in [0.2, 0.25) is 0 Å². The molecule has 1 aliphatic carbocycles. The molecule has 1 aliphatic rings. The molecule has 0 heterocycles. The Morgan fingerprint density at radius 2 is 2.06 bits per heavy atom. The molecule has 1 saturated carbocycles. The zero-order valence-electron chi connectivity index (χ0n) is 10.5. The van der Waals surface area contributed by atoms with Crippen LogP contribution in [0.4, 0.5) is 0 Å². The Labute approximate surface area is 102 Å². The summed E-state index contributed by atoms with van der Waals surface area (Å²) in [4.78, 5) is 11.5. The Kier molecular flexibility index (Phi) is 6.47. The van der Waals surface area contributed by atoms with Gasteiger partial charge in [0.2, 0.25) is 5.91 Å². The first kappa shape index (κ1) is 14.4. The van der Waals surface area contributed by atoms with Crippen LogP contribution in [0.3, 0.4) is 0 Å². The molecule has 0 aliphatic heterocycles. The molecule has 0 radical (unpaired) electrons. The number of carbonyl (C=O) groups excluding carboxylic acids is 1. The van der Waals surface area contributed by atoms with Gasteiger partial charge in [-0.25, -0.2) is 0 Å². The summed E-state index contributed by atoms with van der Waals surface area (Å²) in [5.74, 6) is -0.124. The minimum Gasteiger partial charge on any atom is -0.396 e. The third kappa shape index (κ3) is 5.02. The van der Waals surface area contributed by atoms with Crippen molar-refractivity contribution in [3.63, 3.8) is 0 Å². The predicted molar refractivity (Wildman–Crippen MR) is 63.7 cm³/mol. The molecule has 5 nitrogen and oxygen atoms in total. The van der Waals surface area contributed by atoms with Crippen molar-refractivity contribution in [2.24, 2.45) is 5.41 Å². The average molecular weight is 245 g/mol. The highest BCUT2D eigenvalue weighted by molar-refractivity contribution is 5.77. The lowest BCUT2D eigenvalue weighted by Gasteiger charge is -2.26. The van der Waals surface area contributed by atoms with E-state index in [9.17, 15) is 9.90 Å². The van der Waals surface area contributed by atoms with Crippen molar-refractivity contribution >= 4 is 5.91 Å². The van der Waals surface area contributed by atoms with Gasteiger partial charge in [-0.2, -0.15) is 0 Å². The fraction of sp³-hybridized carbons (Fsp3) is 0.917. The molecule has 1 amide bonds. The molecule has 0 aromatic rings. The van der Waals surface area contributed by atoms with E-state index in [-0.39, 0.29) is 24.5 Å². The maximum atomic E-state index is 11.5. The summed E-state index contributed by atoms with van der Waals surface area (Å²) in [5, 5.41) is 12.2. The van der Waals surface area contributed by atoms with Crippen LogP contribution < -0.4 is 5.32 Å². The molecule has 100 valence electrons. The number of hydrogen-bond donors (Lipinski definition) is 2. The molecule has 1 fully saturated rings. The van der Waals surface area contributed by atoms with Crippen LogP contribution in [0.5, 0.6) is 0 Å². The van der Waals surface area contributed by atoms with E-state index in [1.54, 1.807) is 7.11 Å². The van der Waals surface area contributed by atoms with Gasteiger partial charge in [0, 0.05) is 19.1 Å². The van der Waals surface area contributed by atoms with Crippen LogP contribution in [0, 0.1) is 5.41 Å². The maximum Gasteiger partial charge on any atom is 0.246 e. The smallest absolute Gasteiger partial charge is 0.246 e. The third-order valence-electron chi connectivity index (χ3n) is 3.33. The van der Waals surface area contributed by atoms with Gasteiger partial charge in [-0.3, -0.25) is 4.79 Å². The lowest BCUT2D eigenvalue weighted by Crippen LogP contribution is -2.39. The Morgan fingerprint density at radius 1 is 1.35 bits per heavy atom. The first-order valence-corrected chi connectivity index (χ1v) is 6.17. The highest BCUT2D eigenvalue weighted by Gasteiger charge is 2.33. The lowest BCUT2D eigenvalue weighted by molar-refractivity contribution is -0.126. The number of aliphatic hydroxyl groups excluding tert-OH is 1. The van der Waals surface area contributed by atoms with Crippen LogP contribution in [-0.4, -0.2) is 51.1 Å². The van der Waals surface area contributed by atoms with Crippen LogP contribution in [-0.2, 0) is 14.3 Å². The Hall–Kier alpha value is -0.650. The van der Waals surface area contributed by atoms with Gasteiger partial charge in [0.25, 0.3) is 0 Å². The van der Waals surface area contributed by atoms with Gasteiger partial charge in [-0.15, -0.1) is 0 Å². The molecular weight excluding hydrogens is 222 g/mol. The molecule has 0 atom stereocenters. The summed E-state index contributed by atoms with van der Waals surface area (Å²) >= 11 is 0. The van der Waals surface area contributed by atoms with Gasteiger partial charge < -0.3 is 19.9 Å². The summed E-state index contributed by atoms with van der Waals surface area (Å²) in [6.45, 7) is 1.68. The zero-order chi connectivity index (χ0) is 12.6. The van der Waals surface area contributed by atoms with Crippen molar-refractivity contribution in [1.82, 2.24) is 5.32 Å². The van der Waals surface area contributed by atoms with Crippen LogP contribution in [0.25, 0.3) is 0 Å². The minimum absolute atomic E-state index is 0.0604. The zero-order valence-corrected chi connectivity index (χ0v) is 10.5. The highest BCUT2D eigenvalue weighted by atomic mass is 16.5. The number of rotatable bonds is 8. The van der Waals surface area contributed by atoms with Crippen molar-refractivity contribution in [3.8, 4) is 0 Å². The Bertz CT molecular complexity index is 227. The molecule has 0 saturated heterocycles. The summed E-state index contributed by atoms with van der Waals surface area (Å²) < 4.78 is 9.93. The minimum atomic E-state index is -0.124. The average Bonchev–Trinajstić information content (AvgIpc) is 2.82. The number of aliphatic hydroxyl groups is 1. The first-order valence-electron chi connectivity index (χ1n) is 6.17. The fourth-order valence-corrected chi connectivity index (χ4v) is 2.16. The SMILES string of the molecule is COCCOCC(=O)NCC1(CO)CCCC1. The van der Waals surface area contributed by atoms with E-state index in [0.29, 0.717) is 19.8 Å². The van der Waals surface area contributed by atoms with E-state index >= 15 is 0 Å². The van der Waals surface area contributed by atoms with E-state index in [4.69, 9.17) is 9.47 Å². The highest BCUT2D eigenvalue weighted by Crippen LogP contribution is 2.36. The van der Waals surface area contributed by atoms with Crippen molar-refractivity contribution in [2.45, 2.75) is 25.7 Å². The second kappa shape index (κ2) is 7.63. The summed E-state index contributed by atoms with van der Waals surface area (Å²) in [6.07, 6.45) is 4.27. The monoisotopic (exact) mass is 245 g/mol. The van der Waals surface area contributed by atoms with E-state index < -0.39 is 0 Å². The van der Waals surface area contributed by atoms with Gasteiger partial charge in [0.1, 0.15) is 6.61 Å². The first-order chi connectivity index (χ1) is 8.22. The molecule has 1 rings (SSSR count). The molecular formula is C12H23NO4. The second-order valence-corrected chi connectivity index (χ2v) is 4.69. The van der Waals surface area contributed by atoms with Crippen molar-refractivity contribution < 1.29 is 19.4 Å². The molecule has 0 aromatic carbocycles. The second-order valence-electron chi connectivity index (χ2n) is 4.69. The normalized spacial score (nSPS) is 18.2. The molecule has 0 aromatic heterocycles. The van der Waals surface area contributed by atoms with E-state index in [0.717, 1.165) is 25.7 Å². The Morgan fingerprint density at radius 3 is 2.65 bits per heavy atom. The van der Waals surface area contributed by atoms with Gasteiger partial charge in [0.05, 0.1) is 19.8 Å². The number of methoxy groups -OCH3 is 1. The van der Waals surface area contributed by atoms with Gasteiger partial charge >= 0.3 is 0 Å². The van der Waals surface area contributed by atoms with Gasteiger partial charge in [0.15, 0.2) is 0 Å². The van der Waals surface area contributed by atoms with E-state index in [1.807, 2.05) is 0 Å². The van der Waals surface area contributed by atoms with E-state index in [2.05, 4.69) is 5.32 Å². The number of nitrogens with one attached hydrogen (secondary N) is 1.